The maximum atomic E-state index is 11.6. The van der Waals surface area contributed by atoms with E-state index in [1.54, 1.807) is 6.92 Å². The van der Waals surface area contributed by atoms with Crippen molar-refractivity contribution in [2.75, 3.05) is 19.7 Å². The Morgan fingerprint density at radius 3 is 2.64 bits per heavy atom. The zero-order chi connectivity index (χ0) is 17.7. The molecule has 1 atom stereocenters. The average molecular weight is 381 g/mol. The molecule has 1 amide bonds. The van der Waals surface area contributed by atoms with E-state index in [1.807, 2.05) is 4.90 Å². The molecule has 2 aliphatic heterocycles. The summed E-state index contributed by atoms with van der Waals surface area (Å²) in [5, 5.41) is 2.84. The third-order valence-corrected chi connectivity index (χ3v) is 3.71. The number of nitrogens with zero attached hydrogens (tertiary/aromatic N) is 3. The summed E-state index contributed by atoms with van der Waals surface area (Å²) >= 11 is 0. The molecule has 1 saturated heterocycles. The minimum Gasteiger partial charge on any atom is -0.450 e. The number of ether oxygens (including phenoxy) is 1. The second kappa shape index (κ2) is 8.96. The number of nitrogens with one attached hydrogen (secondary N) is 1. The molecule has 0 saturated carbocycles. The van der Waals surface area contributed by atoms with E-state index in [2.05, 4.69) is 14.6 Å². The van der Waals surface area contributed by atoms with E-state index in [4.69, 9.17) is 15.0 Å². The zero-order valence-electron chi connectivity index (χ0n) is 13.7. The lowest BCUT2D eigenvalue weighted by Crippen LogP contribution is -2.55. The van der Waals surface area contributed by atoms with Gasteiger partial charge in [-0.05, 0) is 32.3 Å². The van der Waals surface area contributed by atoms with Crippen LogP contribution >= 0.6 is 0 Å². The maximum absolute atomic E-state index is 11.6. The van der Waals surface area contributed by atoms with Crippen LogP contribution in [0, 0.1) is 0 Å². The van der Waals surface area contributed by atoms with Crippen LogP contribution in [0.25, 0.3) is 0 Å². The molecule has 144 valence electrons. The monoisotopic (exact) mass is 381 g/mol. The smallest absolute Gasteiger partial charge is 0.418 e. The second-order valence-electron chi connectivity index (χ2n) is 5.17. The number of alkyl carbamates (subject to hydrolysis) is 1. The molecule has 2 aliphatic rings. The lowest BCUT2D eigenvalue weighted by Gasteiger charge is -2.35. The predicted molar refractivity (Wildman–Crippen MR) is 87.2 cm³/mol. The van der Waals surface area contributed by atoms with Crippen molar-refractivity contribution in [2.24, 2.45) is 10.7 Å². The number of carbonyl (C=O) groups is 1. The molecule has 2 heterocycles. The Balaban J connectivity index is 0.00000312. The first-order chi connectivity index (χ1) is 11.3. The Morgan fingerprint density at radius 1 is 1.44 bits per heavy atom. The van der Waals surface area contributed by atoms with Crippen molar-refractivity contribution in [2.45, 2.75) is 32.4 Å². The number of hydrogen-bond acceptors (Lipinski definition) is 9. The van der Waals surface area contributed by atoms with Gasteiger partial charge in [0, 0.05) is 13.1 Å². The number of guanidine groups is 1. The average Bonchev–Trinajstić information content (AvgIpc) is 2.50. The first-order valence-electron chi connectivity index (χ1n) is 7.51. The first-order valence-corrected chi connectivity index (χ1v) is 8.87. The van der Waals surface area contributed by atoms with Crippen molar-refractivity contribution in [1.82, 2.24) is 15.3 Å². The molecule has 1 fully saturated rings. The molecular formula is C12H23N5O7S. The lowest BCUT2D eigenvalue weighted by atomic mass is 10.1. The SMILES string of the molecule is CCOC(=O)NC1=NC(N2CCCCC2)=CC(N)N1OS(=O)(=O)O.O. The highest BCUT2D eigenvalue weighted by molar-refractivity contribution is 7.80. The maximum Gasteiger partial charge on any atom is 0.418 e. The van der Waals surface area contributed by atoms with E-state index in [1.165, 1.54) is 6.08 Å². The number of likely N-dealkylation sites (tertiary alicyclic amines) is 1. The van der Waals surface area contributed by atoms with Crippen LogP contribution in [-0.2, 0) is 19.4 Å². The Kier molecular flexibility index (Phi) is 7.57. The van der Waals surface area contributed by atoms with Crippen LogP contribution in [0.4, 0.5) is 4.79 Å². The Hall–Kier alpha value is -1.93. The third-order valence-electron chi connectivity index (χ3n) is 3.36. The molecule has 12 nitrogen and oxygen atoms in total. The molecule has 0 bridgehead atoms. The number of aliphatic imine (C=N–C) groups is 1. The summed E-state index contributed by atoms with van der Waals surface area (Å²) in [6, 6.07) is 0. The molecule has 25 heavy (non-hydrogen) atoms. The van der Waals surface area contributed by atoms with Gasteiger partial charge in [-0.2, -0.15) is 18.5 Å². The number of rotatable bonds is 4. The fraction of sp³-hybridized carbons (Fsp3) is 0.667. The van der Waals surface area contributed by atoms with Crippen LogP contribution in [0.1, 0.15) is 26.2 Å². The summed E-state index contributed by atoms with van der Waals surface area (Å²) in [6.07, 6.45) is 2.64. The molecule has 1 unspecified atom stereocenters. The van der Waals surface area contributed by atoms with Crippen LogP contribution < -0.4 is 11.1 Å². The van der Waals surface area contributed by atoms with E-state index in [-0.39, 0.29) is 18.0 Å². The van der Waals surface area contributed by atoms with Gasteiger partial charge in [-0.1, -0.05) is 0 Å². The fourth-order valence-corrected chi connectivity index (χ4v) is 2.76. The topological polar surface area (TPSA) is 178 Å². The van der Waals surface area contributed by atoms with Gasteiger partial charge in [-0.15, -0.1) is 4.28 Å². The first kappa shape index (κ1) is 21.1. The molecule has 6 N–H and O–H groups in total. The number of carbonyl (C=O) groups excluding carboxylic acids is 1. The van der Waals surface area contributed by atoms with Gasteiger partial charge in [0.15, 0.2) is 0 Å². The molecular weight excluding hydrogens is 358 g/mol. The van der Waals surface area contributed by atoms with Crippen molar-refractivity contribution in [3.8, 4) is 0 Å². The van der Waals surface area contributed by atoms with Crippen LogP contribution in [0.3, 0.4) is 0 Å². The highest BCUT2D eigenvalue weighted by Gasteiger charge is 2.31. The molecule has 0 aliphatic carbocycles. The quantitative estimate of drug-likeness (QED) is 0.511. The van der Waals surface area contributed by atoms with Crippen LogP contribution in [0.5, 0.6) is 0 Å². The van der Waals surface area contributed by atoms with Crippen molar-refractivity contribution < 1.29 is 32.3 Å². The van der Waals surface area contributed by atoms with Gasteiger partial charge in [0.05, 0.1) is 6.61 Å². The molecule has 0 radical (unpaired) electrons. The predicted octanol–water partition coefficient (Wildman–Crippen LogP) is -1.07. The van der Waals surface area contributed by atoms with Crippen molar-refractivity contribution in [1.29, 1.82) is 0 Å². The van der Waals surface area contributed by atoms with Gasteiger partial charge in [0.1, 0.15) is 12.0 Å². The standard InChI is InChI=1S/C12H21N5O6S.H2O/c1-2-22-12(18)15-11-14-10(16-6-4-3-5-7-16)8-9(13)17(11)23-24(19,20)21;/h8-9H,2-7,13H2,1H3,(H,14,15,18)(H,19,20,21);1H2. The van der Waals surface area contributed by atoms with E-state index >= 15 is 0 Å². The van der Waals surface area contributed by atoms with Crippen molar-refractivity contribution in [3.05, 3.63) is 11.9 Å². The number of hydrogen-bond donors (Lipinski definition) is 3. The minimum absolute atomic E-state index is 0. The Morgan fingerprint density at radius 2 is 2.08 bits per heavy atom. The normalized spacial score (nSPS) is 21.0. The number of piperidine rings is 1. The summed E-state index contributed by atoms with van der Waals surface area (Å²) in [5.41, 5.74) is 5.87. The number of amides is 1. The summed E-state index contributed by atoms with van der Waals surface area (Å²) in [4.78, 5) is 17.8. The number of hydroxylamine groups is 2. The van der Waals surface area contributed by atoms with E-state index in [0.717, 1.165) is 32.4 Å². The Labute approximate surface area is 145 Å². The zero-order valence-corrected chi connectivity index (χ0v) is 14.5. The van der Waals surface area contributed by atoms with E-state index in [9.17, 15) is 13.2 Å². The lowest BCUT2D eigenvalue weighted by molar-refractivity contribution is -0.0160. The van der Waals surface area contributed by atoms with E-state index in [0.29, 0.717) is 10.9 Å². The van der Waals surface area contributed by atoms with Gasteiger partial charge in [0.25, 0.3) is 0 Å². The van der Waals surface area contributed by atoms with Gasteiger partial charge >= 0.3 is 16.5 Å². The van der Waals surface area contributed by atoms with E-state index < -0.39 is 22.7 Å². The highest BCUT2D eigenvalue weighted by Crippen LogP contribution is 2.20. The van der Waals surface area contributed by atoms with Gasteiger partial charge in [0.2, 0.25) is 5.96 Å². The summed E-state index contributed by atoms with van der Waals surface area (Å²) < 4.78 is 40.0. The molecule has 2 rings (SSSR count). The summed E-state index contributed by atoms with van der Waals surface area (Å²) in [6.45, 7) is 3.26. The minimum atomic E-state index is -4.85. The van der Waals surface area contributed by atoms with Crippen molar-refractivity contribution in [3.63, 3.8) is 0 Å². The second-order valence-corrected chi connectivity index (χ2v) is 6.18. The summed E-state index contributed by atoms with van der Waals surface area (Å²) in [7, 11) is -4.85. The van der Waals surface area contributed by atoms with Crippen LogP contribution in [-0.4, -0.2) is 66.3 Å². The molecule has 13 heteroatoms. The van der Waals surface area contributed by atoms with Crippen molar-refractivity contribution >= 4 is 22.5 Å². The van der Waals surface area contributed by atoms with Gasteiger partial charge < -0.3 is 20.8 Å². The third kappa shape index (κ3) is 6.13. The molecule has 0 spiro atoms. The fourth-order valence-electron chi connectivity index (χ4n) is 2.38. The van der Waals surface area contributed by atoms with Crippen LogP contribution in [0.15, 0.2) is 16.9 Å². The number of nitrogens with two attached hydrogens (primary N) is 1. The molecule has 0 aromatic carbocycles. The molecule has 0 aromatic heterocycles. The summed E-state index contributed by atoms with van der Waals surface area (Å²) in [5.74, 6) is 0.200. The van der Waals surface area contributed by atoms with Crippen LogP contribution in [0.2, 0.25) is 0 Å². The van der Waals surface area contributed by atoms with Gasteiger partial charge in [-0.25, -0.2) is 4.79 Å². The van der Waals surface area contributed by atoms with Gasteiger partial charge in [-0.3, -0.25) is 9.87 Å². The Bertz CT molecular complexity index is 630. The largest absolute Gasteiger partial charge is 0.450 e. The highest BCUT2D eigenvalue weighted by atomic mass is 32.3. The molecule has 0 aromatic rings.